The van der Waals surface area contributed by atoms with Crippen LogP contribution in [0.5, 0.6) is 5.75 Å². The third-order valence-electron chi connectivity index (χ3n) is 3.94. The minimum Gasteiger partial charge on any atom is -0.491 e. The number of hydrogen-bond donors (Lipinski definition) is 1. The normalized spacial score (nSPS) is 15.1. The molecule has 0 aliphatic carbocycles. The summed E-state index contributed by atoms with van der Waals surface area (Å²) in [5, 5.41) is 3.20. The molecule has 0 radical (unpaired) electrons. The first-order valence-electron chi connectivity index (χ1n) is 8.62. The predicted octanol–water partition coefficient (Wildman–Crippen LogP) is 2.92. The van der Waals surface area contributed by atoms with Crippen LogP contribution in [0.3, 0.4) is 0 Å². The number of carbonyl (C=O) groups excluding carboxylic acids is 1. The van der Waals surface area contributed by atoms with E-state index in [1.807, 2.05) is 36.1 Å². The molecule has 128 valence electrons. The molecular weight excluding hydrogens is 292 g/mol. The lowest BCUT2D eigenvalue weighted by atomic mass is 10.2. The summed E-state index contributed by atoms with van der Waals surface area (Å²) in [6.45, 7) is 5.89. The van der Waals surface area contributed by atoms with Crippen LogP contribution in [0, 0.1) is 0 Å². The van der Waals surface area contributed by atoms with Gasteiger partial charge in [-0.15, -0.1) is 0 Å². The van der Waals surface area contributed by atoms with Gasteiger partial charge >= 0.3 is 0 Å². The summed E-state index contributed by atoms with van der Waals surface area (Å²) in [4.78, 5) is 14.2. The zero-order valence-corrected chi connectivity index (χ0v) is 14.1. The van der Waals surface area contributed by atoms with Gasteiger partial charge in [-0.2, -0.15) is 0 Å². The molecule has 1 fully saturated rings. The van der Waals surface area contributed by atoms with Crippen LogP contribution in [0.4, 0.5) is 5.69 Å². The summed E-state index contributed by atoms with van der Waals surface area (Å²) >= 11 is 0. The first-order chi connectivity index (χ1) is 11.3. The van der Waals surface area contributed by atoms with Gasteiger partial charge in [0.1, 0.15) is 12.4 Å². The van der Waals surface area contributed by atoms with Crippen LogP contribution >= 0.6 is 0 Å². The lowest BCUT2D eigenvalue weighted by molar-refractivity contribution is -0.129. The first-order valence-corrected chi connectivity index (χ1v) is 8.62. The molecule has 2 rings (SSSR count). The number of hydrogen-bond acceptors (Lipinski definition) is 4. The largest absolute Gasteiger partial charge is 0.491 e. The molecular formula is C18H28N2O3. The van der Waals surface area contributed by atoms with Gasteiger partial charge in [0.15, 0.2) is 0 Å². The van der Waals surface area contributed by atoms with Crippen molar-refractivity contribution in [2.24, 2.45) is 0 Å². The van der Waals surface area contributed by atoms with Crippen molar-refractivity contribution in [1.29, 1.82) is 0 Å². The second-order valence-corrected chi connectivity index (χ2v) is 5.72. The summed E-state index contributed by atoms with van der Waals surface area (Å²) in [6, 6.07) is 7.70. The van der Waals surface area contributed by atoms with Crippen molar-refractivity contribution >= 4 is 11.6 Å². The average Bonchev–Trinajstić information content (AvgIpc) is 2.86. The Labute approximate surface area is 139 Å². The van der Waals surface area contributed by atoms with E-state index in [-0.39, 0.29) is 5.91 Å². The molecule has 0 atom stereocenters. The Balaban J connectivity index is 1.77. The third-order valence-corrected chi connectivity index (χ3v) is 3.94. The first kappa shape index (κ1) is 17.6. The lowest BCUT2D eigenvalue weighted by Crippen LogP contribution is -2.36. The monoisotopic (exact) mass is 320 g/mol. The lowest BCUT2D eigenvalue weighted by Gasteiger charge is -2.20. The Morgan fingerprint density at radius 1 is 1.17 bits per heavy atom. The zero-order chi connectivity index (χ0) is 16.3. The number of nitrogens with one attached hydrogen (secondary N) is 1. The fourth-order valence-electron chi connectivity index (χ4n) is 2.67. The van der Waals surface area contributed by atoms with Crippen LogP contribution in [-0.4, -0.2) is 50.3 Å². The molecule has 1 amide bonds. The van der Waals surface area contributed by atoms with E-state index in [2.05, 4.69) is 5.32 Å². The molecule has 0 saturated carbocycles. The summed E-state index contributed by atoms with van der Waals surface area (Å²) in [6.07, 6.45) is 4.71. The zero-order valence-electron chi connectivity index (χ0n) is 14.1. The Morgan fingerprint density at radius 3 is 2.70 bits per heavy atom. The van der Waals surface area contributed by atoms with Gasteiger partial charge < -0.3 is 19.7 Å². The molecule has 1 N–H and O–H groups in total. The van der Waals surface area contributed by atoms with E-state index in [1.165, 1.54) is 12.8 Å². The van der Waals surface area contributed by atoms with E-state index in [9.17, 15) is 4.79 Å². The number of rotatable bonds is 8. The van der Waals surface area contributed by atoms with Crippen molar-refractivity contribution in [3.8, 4) is 5.75 Å². The molecule has 1 aromatic carbocycles. The summed E-state index contributed by atoms with van der Waals surface area (Å²) < 4.78 is 10.9. The number of nitrogens with zero attached hydrogens (tertiary/aromatic N) is 1. The van der Waals surface area contributed by atoms with Gasteiger partial charge in [-0.25, -0.2) is 0 Å². The maximum absolute atomic E-state index is 12.3. The van der Waals surface area contributed by atoms with Gasteiger partial charge in [0.05, 0.1) is 13.2 Å². The molecule has 5 heteroatoms. The van der Waals surface area contributed by atoms with E-state index in [1.54, 1.807) is 0 Å². The van der Waals surface area contributed by atoms with Gasteiger partial charge in [-0.3, -0.25) is 4.79 Å². The molecule has 0 unspecified atom stereocenters. The number of amides is 1. The van der Waals surface area contributed by atoms with E-state index in [4.69, 9.17) is 9.47 Å². The van der Waals surface area contributed by atoms with Gasteiger partial charge in [-0.1, -0.05) is 18.9 Å². The molecule has 0 aromatic heterocycles. The number of ether oxygens (including phenoxy) is 2. The van der Waals surface area contributed by atoms with Crippen molar-refractivity contribution < 1.29 is 14.3 Å². The van der Waals surface area contributed by atoms with E-state index in [0.29, 0.717) is 26.4 Å². The highest BCUT2D eigenvalue weighted by molar-refractivity contribution is 5.81. The SMILES string of the molecule is CCOCCOc1cccc(NCC(=O)N2CCCCCC2)c1. The molecule has 0 spiro atoms. The second kappa shape index (κ2) is 10.1. The molecule has 1 heterocycles. The fourth-order valence-corrected chi connectivity index (χ4v) is 2.67. The Morgan fingerprint density at radius 2 is 1.96 bits per heavy atom. The molecule has 1 saturated heterocycles. The van der Waals surface area contributed by atoms with Crippen LogP contribution in [-0.2, 0) is 9.53 Å². The van der Waals surface area contributed by atoms with Gasteiger partial charge in [0.2, 0.25) is 5.91 Å². The minimum absolute atomic E-state index is 0.176. The summed E-state index contributed by atoms with van der Waals surface area (Å²) in [7, 11) is 0. The van der Waals surface area contributed by atoms with E-state index in [0.717, 1.165) is 37.4 Å². The number of carbonyl (C=O) groups is 1. The van der Waals surface area contributed by atoms with Crippen molar-refractivity contribution in [2.45, 2.75) is 32.6 Å². The van der Waals surface area contributed by atoms with Crippen molar-refractivity contribution in [2.75, 3.05) is 44.8 Å². The molecule has 0 bridgehead atoms. The molecule has 1 aliphatic heterocycles. The minimum atomic E-state index is 0.176. The maximum atomic E-state index is 12.3. The third kappa shape index (κ3) is 6.48. The van der Waals surface area contributed by atoms with Gasteiger partial charge in [0, 0.05) is 31.5 Å². The molecule has 1 aliphatic rings. The Bertz CT molecular complexity index is 471. The van der Waals surface area contributed by atoms with Crippen LogP contribution < -0.4 is 10.1 Å². The highest BCUT2D eigenvalue weighted by Crippen LogP contribution is 2.17. The topological polar surface area (TPSA) is 50.8 Å². The van der Waals surface area contributed by atoms with Crippen molar-refractivity contribution in [3.63, 3.8) is 0 Å². The predicted molar refractivity (Wildman–Crippen MR) is 92.0 cm³/mol. The summed E-state index contributed by atoms with van der Waals surface area (Å²) in [5.74, 6) is 0.964. The second-order valence-electron chi connectivity index (χ2n) is 5.72. The molecule has 1 aromatic rings. The quantitative estimate of drug-likeness (QED) is 0.748. The van der Waals surface area contributed by atoms with Gasteiger partial charge in [-0.05, 0) is 31.9 Å². The van der Waals surface area contributed by atoms with Crippen molar-refractivity contribution in [3.05, 3.63) is 24.3 Å². The Kier molecular flexibility index (Phi) is 7.73. The smallest absolute Gasteiger partial charge is 0.241 e. The summed E-state index contributed by atoms with van der Waals surface area (Å²) in [5.41, 5.74) is 0.905. The number of likely N-dealkylation sites (tertiary alicyclic amines) is 1. The highest BCUT2D eigenvalue weighted by atomic mass is 16.5. The van der Waals surface area contributed by atoms with Crippen LogP contribution in [0.2, 0.25) is 0 Å². The van der Waals surface area contributed by atoms with Crippen LogP contribution in [0.1, 0.15) is 32.6 Å². The molecule has 23 heavy (non-hydrogen) atoms. The maximum Gasteiger partial charge on any atom is 0.241 e. The van der Waals surface area contributed by atoms with Gasteiger partial charge in [0.25, 0.3) is 0 Å². The fraction of sp³-hybridized carbons (Fsp3) is 0.611. The Hall–Kier alpha value is -1.75. The molecule has 5 nitrogen and oxygen atoms in total. The van der Waals surface area contributed by atoms with E-state index >= 15 is 0 Å². The number of benzene rings is 1. The number of anilines is 1. The van der Waals surface area contributed by atoms with E-state index < -0.39 is 0 Å². The highest BCUT2D eigenvalue weighted by Gasteiger charge is 2.14. The average molecular weight is 320 g/mol. The standard InChI is InChI=1S/C18H28N2O3/c1-2-22-12-13-23-17-9-7-8-16(14-17)19-15-18(21)20-10-5-3-4-6-11-20/h7-9,14,19H,2-6,10-13,15H2,1H3. The van der Waals surface area contributed by atoms with Crippen molar-refractivity contribution in [1.82, 2.24) is 4.90 Å². The van der Waals surface area contributed by atoms with Crippen LogP contribution in [0.15, 0.2) is 24.3 Å². The van der Waals surface area contributed by atoms with Crippen LogP contribution in [0.25, 0.3) is 0 Å².